The van der Waals surface area contributed by atoms with Crippen LogP contribution in [0, 0.1) is 0 Å². The van der Waals surface area contributed by atoms with Gasteiger partial charge in [0.05, 0.1) is 12.3 Å². The van der Waals surface area contributed by atoms with Crippen molar-refractivity contribution in [3.8, 4) is 0 Å². The monoisotopic (exact) mass is 340 g/mol. The van der Waals surface area contributed by atoms with Crippen molar-refractivity contribution in [2.45, 2.75) is 50.2 Å². The highest BCUT2D eigenvalue weighted by molar-refractivity contribution is 7.99. The van der Waals surface area contributed by atoms with E-state index in [0.717, 1.165) is 18.7 Å². The minimum absolute atomic E-state index is 0.0271. The van der Waals surface area contributed by atoms with E-state index in [4.69, 9.17) is 5.84 Å². The summed E-state index contributed by atoms with van der Waals surface area (Å²) < 4.78 is 1.46. The fourth-order valence-corrected chi connectivity index (χ4v) is 2.81. The predicted molar refractivity (Wildman–Crippen MR) is 88.4 cm³/mol. The molecule has 0 aliphatic heterocycles. The highest BCUT2D eigenvalue weighted by Crippen LogP contribution is 2.39. The normalized spacial score (nSPS) is 14.6. The van der Waals surface area contributed by atoms with Crippen LogP contribution in [0.2, 0.25) is 0 Å². The van der Waals surface area contributed by atoms with Crippen LogP contribution in [0.5, 0.6) is 0 Å². The van der Waals surface area contributed by atoms with Gasteiger partial charge in [-0.25, -0.2) is 4.68 Å². The average Bonchev–Trinajstić information content (AvgIpc) is 3.18. The lowest BCUT2D eigenvalue weighted by atomic mass is 10.1. The number of carbonyl (C=O) groups is 2. The maximum atomic E-state index is 12.1. The van der Waals surface area contributed by atoms with E-state index >= 15 is 0 Å². The molecule has 3 N–H and O–H groups in total. The van der Waals surface area contributed by atoms with Gasteiger partial charge in [-0.05, 0) is 33.6 Å². The van der Waals surface area contributed by atoms with Crippen molar-refractivity contribution in [2.24, 2.45) is 0 Å². The van der Waals surface area contributed by atoms with Crippen LogP contribution in [0.15, 0.2) is 5.16 Å². The molecule has 128 valence electrons. The van der Waals surface area contributed by atoms with Crippen molar-refractivity contribution in [3.63, 3.8) is 0 Å². The van der Waals surface area contributed by atoms with E-state index in [1.807, 2.05) is 20.8 Å². The number of likely N-dealkylation sites (N-methyl/N-ethyl adjacent to an activating group) is 1. The molecular formula is C14H24N6O2S. The molecule has 0 saturated heterocycles. The summed E-state index contributed by atoms with van der Waals surface area (Å²) in [6.07, 6.45) is 2.18. The van der Waals surface area contributed by atoms with Gasteiger partial charge in [0, 0.05) is 18.5 Å². The maximum absolute atomic E-state index is 12.1. The molecule has 0 radical (unpaired) electrons. The van der Waals surface area contributed by atoms with Gasteiger partial charge in [0.15, 0.2) is 5.82 Å². The van der Waals surface area contributed by atoms with Gasteiger partial charge in [0.1, 0.15) is 0 Å². The molecule has 0 aromatic carbocycles. The van der Waals surface area contributed by atoms with Crippen molar-refractivity contribution in [3.05, 3.63) is 5.82 Å². The smallest absolute Gasteiger partial charge is 0.240 e. The Bertz CT molecular complexity index is 591. The second kappa shape index (κ2) is 6.77. The highest BCUT2D eigenvalue weighted by Gasteiger charge is 2.30. The summed E-state index contributed by atoms with van der Waals surface area (Å²) in [4.78, 5) is 25.3. The summed E-state index contributed by atoms with van der Waals surface area (Å²) in [5.74, 6) is 6.94. The van der Waals surface area contributed by atoms with Crippen LogP contribution < -0.4 is 11.2 Å². The van der Waals surface area contributed by atoms with Crippen LogP contribution in [-0.4, -0.2) is 56.5 Å². The minimum Gasteiger partial charge on any atom is -0.350 e. The molecule has 8 nitrogen and oxygen atoms in total. The van der Waals surface area contributed by atoms with Crippen molar-refractivity contribution < 1.29 is 9.59 Å². The zero-order valence-corrected chi connectivity index (χ0v) is 14.8. The van der Waals surface area contributed by atoms with Gasteiger partial charge in [0.25, 0.3) is 0 Å². The van der Waals surface area contributed by atoms with E-state index in [2.05, 4.69) is 15.5 Å². The molecule has 0 unspecified atom stereocenters. The Balaban J connectivity index is 1.81. The number of amides is 2. The van der Waals surface area contributed by atoms with Gasteiger partial charge in [-0.3, -0.25) is 9.59 Å². The first-order valence-electron chi connectivity index (χ1n) is 7.55. The summed E-state index contributed by atoms with van der Waals surface area (Å²) in [7, 11) is 1.61. The standard InChI is InChI=1S/C14H24N6O2S/c1-14(2,3)16-10(21)7-19(4)11(22)8-23-13-18-17-12(20(13)15)9-5-6-9/h9H,5-8,15H2,1-4H3,(H,16,21). The first kappa shape index (κ1) is 17.6. The Hall–Kier alpha value is -1.77. The van der Waals surface area contributed by atoms with Crippen LogP contribution >= 0.6 is 11.8 Å². The lowest BCUT2D eigenvalue weighted by Crippen LogP contribution is -2.46. The lowest BCUT2D eigenvalue weighted by Gasteiger charge is -2.23. The van der Waals surface area contributed by atoms with Gasteiger partial charge in [-0.15, -0.1) is 10.2 Å². The number of hydrogen-bond donors (Lipinski definition) is 2. The van der Waals surface area contributed by atoms with Crippen molar-refractivity contribution in [1.29, 1.82) is 0 Å². The molecule has 2 rings (SSSR count). The molecule has 1 saturated carbocycles. The molecule has 0 bridgehead atoms. The molecule has 1 aromatic rings. The number of carbonyl (C=O) groups excluding carboxylic acids is 2. The fourth-order valence-electron chi connectivity index (χ4n) is 2.00. The molecule has 1 aliphatic rings. The second-order valence-corrected chi connectivity index (χ2v) is 7.76. The van der Waals surface area contributed by atoms with E-state index in [1.54, 1.807) is 7.05 Å². The zero-order valence-electron chi connectivity index (χ0n) is 14.0. The summed E-state index contributed by atoms with van der Waals surface area (Å²) in [6.45, 7) is 5.72. The van der Waals surface area contributed by atoms with E-state index < -0.39 is 0 Å². The van der Waals surface area contributed by atoms with Crippen LogP contribution in [-0.2, 0) is 9.59 Å². The van der Waals surface area contributed by atoms with Gasteiger partial charge in [0.2, 0.25) is 17.0 Å². The number of rotatable bonds is 6. The number of hydrogen-bond acceptors (Lipinski definition) is 6. The number of nitrogens with two attached hydrogens (primary N) is 1. The lowest BCUT2D eigenvalue weighted by molar-refractivity contribution is -0.133. The number of aromatic nitrogens is 3. The maximum Gasteiger partial charge on any atom is 0.240 e. The highest BCUT2D eigenvalue weighted by atomic mass is 32.2. The average molecular weight is 340 g/mol. The first-order chi connectivity index (χ1) is 10.7. The largest absolute Gasteiger partial charge is 0.350 e. The van der Waals surface area contributed by atoms with Gasteiger partial charge in [-0.1, -0.05) is 11.8 Å². The second-order valence-electron chi connectivity index (χ2n) is 6.82. The Labute approximate surface area is 140 Å². The fraction of sp³-hybridized carbons (Fsp3) is 0.714. The summed E-state index contributed by atoms with van der Waals surface area (Å²) >= 11 is 1.23. The van der Waals surface area contributed by atoms with E-state index in [-0.39, 0.29) is 29.7 Å². The van der Waals surface area contributed by atoms with E-state index in [1.165, 1.54) is 21.3 Å². The van der Waals surface area contributed by atoms with Crippen LogP contribution in [0.4, 0.5) is 0 Å². The molecule has 1 aromatic heterocycles. The SMILES string of the molecule is CN(CC(=O)NC(C)(C)C)C(=O)CSc1nnc(C2CC2)n1N. The molecule has 0 atom stereocenters. The molecule has 1 fully saturated rings. The van der Waals surface area contributed by atoms with Crippen molar-refractivity contribution in [2.75, 3.05) is 25.2 Å². The van der Waals surface area contributed by atoms with Crippen LogP contribution in [0.1, 0.15) is 45.4 Å². The van der Waals surface area contributed by atoms with Crippen molar-refractivity contribution in [1.82, 2.24) is 25.1 Å². The third-order valence-electron chi connectivity index (χ3n) is 3.28. The predicted octanol–water partition coefficient (Wildman–Crippen LogP) is 0.335. The van der Waals surface area contributed by atoms with Crippen LogP contribution in [0.3, 0.4) is 0 Å². The van der Waals surface area contributed by atoms with Gasteiger partial charge in [-0.2, -0.15) is 0 Å². The molecule has 0 spiro atoms. The Kier molecular flexibility index (Phi) is 5.18. The summed E-state index contributed by atoms with van der Waals surface area (Å²) in [5, 5.41) is 11.4. The Morgan fingerprint density at radius 3 is 2.61 bits per heavy atom. The third-order valence-corrected chi connectivity index (χ3v) is 4.21. The molecule has 23 heavy (non-hydrogen) atoms. The first-order valence-corrected chi connectivity index (χ1v) is 8.54. The van der Waals surface area contributed by atoms with E-state index in [0.29, 0.717) is 11.1 Å². The summed E-state index contributed by atoms with van der Waals surface area (Å²) in [6, 6.07) is 0. The van der Waals surface area contributed by atoms with Gasteiger partial charge < -0.3 is 16.1 Å². The molecular weight excluding hydrogens is 316 g/mol. The number of nitrogens with one attached hydrogen (secondary N) is 1. The number of nitrogen functional groups attached to an aromatic ring is 1. The number of thioether (sulfide) groups is 1. The minimum atomic E-state index is -0.315. The van der Waals surface area contributed by atoms with Crippen molar-refractivity contribution >= 4 is 23.6 Å². The number of nitrogens with zero attached hydrogens (tertiary/aromatic N) is 4. The van der Waals surface area contributed by atoms with Gasteiger partial charge >= 0.3 is 0 Å². The van der Waals surface area contributed by atoms with E-state index in [9.17, 15) is 9.59 Å². The molecule has 1 aliphatic carbocycles. The Morgan fingerprint density at radius 2 is 2.04 bits per heavy atom. The summed E-state index contributed by atoms with van der Waals surface area (Å²) in [5.41, 5.74) is -0.315. The topological polar surface area (TPSA) is 106 Å². The third kappa shape index (κ3) is 5.12. The quantitative estimate of drug-likeness (QED) is 0.571. The zero-order chi connectivity index (χ0) is 17.2. The molecule has 1 heterocycles. The van der Waals surface area contributed by atoms with Crippen LogP contribution in [0.25, 0.3) is 0 Å². The Morgan fingerprint density at radius 1 is 1.39 bits per heavy atom. The molecule has 9 heteroatoms. The molecule has 2 amide bonds.